The molecule has 116 valence electrons. The van der Waals surface area contributed by atoms with E-state index in [0.29, 0.717) is 13.1 Å². The van der Waals surface area contributed by atoms with E-state index in [0.717, 1.165) is 29.7 Å². The van der Waals surface area contributed by atoms with Crippen LogP contribution in [0.2, 0.25) is 0 Å². The molecule has 0 radical (unpaired) electrons. The first-order chi connectivity index (χ1) is 10.6. The molecule has 1 amide bonds. The number of amides is 1. The molecule has 0 aliphatic heterocycles. The number of thiophene rings is 1. The Morgan fingerprint density at radius 3 is 2.95 bits per heavy atom. The lowest BCUT2D eigenvalue weighted by Crippen LogP contribution is -2.33. The summed E-state index contributed by atoms with van der Waals surface area (Å²) in [6, 6.07) is 4.26. The summed E-state index contributed by atoms with van der Waals surface area (Å²) in [6.45, 7) is 7.36. The summed E-state index contributed by atoms with van der Waals surface area (Å²) in [5, 5.41) is 2.08. The first kappa shape index (κ1) is 15.1. The quantitative estimate of drug-likeness (QED) is 0.816. The molecule has 0 bridgehead atoms. The predicted octanol–water partition coefficient (Wildman–Crippen LogP) is 4.48. The normalized spacial score (nSPS) is 14.9. The van der Waals surface area contributed by atoms with Crippen LogP contribution in [0.4, 0.5) is 0 Å². The lowest BCUT2D eigenvalue weighted by atomic mass is 10.0. The maximum Gasteiger partial charge on any atom is 0.246 e. The van der Waals surface area contributed by atoms with Gasteiger partial charge < -0.3 is 9.47 Å². The van der Waals surface area contributed by atoms with E-state index in [1.807, 2.05) is 11.8 Å². The zero-order valence-electron chi connectivity index (χ0n) is 13.4. The highest BCUT2D eigenvalue weighted by Crippen LogP contribution is 2.26. The van der Waals surface area contributed by atoms with Crippen LogP contribution in [-0.2, 0) is 11.3 Å². The van der Waals surface area contributed by atoms with E-state index < -0.39 is 0 Å². The van der Waals surface area contributed by atoms with E-state index in [1.165, 1.54) is 10.3 Å². The van der Waals surface area contributed by atoms with Crippen molar-refractivity contribution in [1.29, 1.82) is 0 Å². The van der Waals surface area contributed by atoms with Crippen molar-refractivity contribution in [1.82, 2.24) is 9.47 Å². The van der Waals surface area contributed by atoms with E-state index in [1.54, 1.807) is 11.3 Å². The van der Waals surface area contributed by atoms with Gasteiger partial charge in [0, 0.05) is 17.9 Å². The molecule has 4 heteroatoms. The molecule has 0 atom stereocenters. The van der Waals surface area contributed by atoms with Gasteiger partial charge in [0.1, 0.15) is 6.54 Å². The largest absolute Gasteiger partial charge is 0.335 e. The molecule has 3 nitrogen and oxygen atoms in total. The summed E-state index contributed by atoms with van der Waals surface area (Å²) in [7, 11) is 0. The summed E-state index contributed by atoms with van der Waals surface area (Å²) in [5.41, 5.74) is 4.72. The highest BCUT2D eigenvalue weighted by atomic mass is 32.1. The van der Waals surface area contributed by atoms with Gasteiger partial charge in [-0.1, -0.05) is 11.6 Å². The summed E-state index contributed by atoms with van der Waals surface area (Å²) in [4.78, 5) is 14.7. The van der Waals surface area contributed by atoms with Crippen LogP contribution in [0.1, 0.15) is 32.4 Å². The fourth-order valence-electron chi connectivity index (χ4n) is 3.06. The summed E-state index contributed by atoms with van der Waals surface area (Å²) >= 11 is 1.73. The number of aromatic nitrogens is 1. The van der Waals surface area contributed by atoms with Crippen molar-refractivity contribution in [3.63, 3.8) is 0 Å². The van der Waals surface area contributed by atoms with Gasteiger partial charge in [0.05, 0.1) is 10.2 Å². The molecule has 3 rings (SSSR count). The molecule has 22 heavy (non-hydrogen) atoms. The molecule has 2 aromatic rings. The minimum atomic E-state index is 0.159. The van der Waals surface area contributed by atoms with Crippen molar-refractivity contribution in [3.05, 3.63) is 46.6 Å². The van der Waals surface area contributed by atoms with E-state index >= 15 is 0 Å². The van der Waals surface area contributed by atoms with E-state index in [-0.39, 0.29) is 5.91 Å². The maximum absolute atomic E-state index is 12.8. The predicted molar refractivity (Wildman–Crippen MR) is 93.0 cm³/mol. The summed E-state index contributed by atoms with van der Waals surface area (Å²) < 4.78 is 3.37. The van der Waals surface area contributed by atoms with Gasteiger partial charge in [-0.25, -0.2) is 0 Å². The number of carbonyl (C=O) groups excluding carboxylic acids is 1. The van der Waals surface area contributed by atoms with E-state index in [4.69, 9.17) is 0 Å². The SMILES string of the molecule is CCN(C(=O)Cn1c(C)cc2sccc21)C1=CCCC(C)=C1. The molecule has 2 heterocycles. The zero-order chi connectivity index (χ0) is 15.7. The molecule has 0 unspecified atom stereocenters. The van der Waals surface area contributed by atoms with Crippen molar-refractivity contribution in [2.45, 2.75) is 40.2 Å². The van der Waals surface area contributed by atoms with Gasteiger partial charge in [0.25, 0.3) is 0 Å². The van der Waals surface area contributed by atoms with Gasteiger partial charge in [-0.2, -0.15) is 0 Å². The molecule has 0 fully saturated rings. The Balaban J connectivity index is 1.85. The minimum absolute atomic E-state index is 0.159. The van der Waals surface area contributed by atoms with Crippen LogP contribution >= 0.6 is 11.3 Å². The van der Waals surface area contributed by atoms with Crippen molar-refractivity contribution in [2.75, 3.05) is 6.54 Å². The molecule has 0 aromatic carbocycles. The van der Waals surface area contributed by atoms with Crippen LogP contribution in [0.5, 0.6) is 0 Å². The third-order valence-corrected chi connectivity index (χ3v) is 5.09. The molecule has 0 N–H and O–H groups in total. The third kappa shape index (κ3) is 2.75. The number of nitrogens with zero attached hydrogens (tertiary/aromatic N) is 2. The minimum Gasteiger partial charge on any atom is -0.335 e. The van der Waals surface area contributed by atoms with Crippen LogP contribution in [0.25, 0.3) is 10.2 Å². The lowest BCUT2D eigenvalue weighted by molar-refractivity contribution is -0.129. The Morgan fingerprint density at radius 1 is 1.41 bits per heavy atom. The standard InChI is InChI=1S/C18H22N2OS/c1-4-19(15-7-5-6-13(2)10-15)18(21)12-20-14(3)11-17-16(20)8-9-22-17/h7-11H,4-6,12H2,1-3H3. The molecular weight excluding hydrogens is 292 g/mol. The molecule has 2 aromatic heterocycles. The number of carbonyl (C=O) groups is 1. The first-order valence-corrected chi connectivity index (χ1v) is 8.69. The monoisotopic (exact) mass is 314 g/mol. The highest BCUT2D eigenvalue weighted by molar-refractivity contribution is 7.17. The van der Waals surface area contributed by atoms with Crippen LogP contribution in [-0.4, -0.2) is 21.9 Å². The van der Waals surface area contributed by atoms with Crippen molar-refractivity contribution in [2.24, 2.45) is 0 Å². The second kappa shape index (κ2) is 6.13. The van der Waals surface area contributed by atoms with Gasteiger partial charge in [-0.3, -0.25) is 4.79 Å². The average Bonchev–Trinajstić information content (AvgIpc) is 3.03. The number of fused-ring (bicyclic) bond motifs is 1. The molecule has 0 saturated heterocycles. The summed E-state index contributed by atoms with van der Waals surface area (Å²) in [6.07, 6.45) is 6.45. The van der Waals surface area contributed by atoms with E-state index in [2.05, 4.69) is 48.1 Å². The molecule has 1 aliphatic rings. The van der Waals surface area contributed by atoms with E-state index in [9.17, 15) is 4.79 Å². The Hall–Kier alpha value is -1.81. The topological polar surface area (TPSA) is 25.2 Å². The molecular formula is C18H22N2OS. The second-order valence-corrected chi connectivity index (χ2v) is 6.79. The average molecular weight is 314 g/mol. The molecule has 0 spiro atoms. The Bertz CT molecular complexity index is 763. The van der Waals surface area contributed by atoms with Crippen molar-refractivity contribution < 1.29 is 4.79 Å². The van der Waals surface area contributed by atoms with Crippen LogP contribution in [0, 0.1) is 6.92 Å². The smallest absolute Gasteiger partial charge is 0.246 e. The Kier molecular flexibility index (Phi) is 4.21. The van der Waals surface area contributed by atoms with Gasteiger partial charge in [-0.05, 0) is 57.2 Å². The third-order valence-electron chi connectivity index (χ3n) is 4.24. The van der Waals surface area contributed by atoms with Gasteiger partial charge >= 0.3 is 0 Å². The highest BCUT2D eigenvalue weighted by Gasteiger charge is 2.19. The number of likely N-dealkylation sites (N-methyl/N-ethyl adjacent to an activating group) is 1. The van der Waals surface area contributed by atoms with Crippen LogP contribution < -0.4 is 0 Å². The molecule has 0 saturated carbocycles. The zero-order valence-corrected chi connectivity index (χ0v) is 14.2. The fraction of sp³-hybridized carbons (Fsp3) is 0.389. The molecule has 1 aliphatic carbocycles. The number of hydrogen-bond acceptors (Lipinski definition) is 2. The number of aryl methyl sites for hydroxylation is 1. The Labute approximate surface area is 135 Å². The fourth-order valence-corrected chi connectivity index (χ4v) is 3.94. The second-order valence-electron chi connectivity index (χ2n) is 5.84. The van der Waals surface area contributed by atoms with Crippen LogP contribution in [0.3, 0.4) is 0 Å². The first-order valence-electron chi connectivity index (χ1n) is 7.81. The summed E-state index contributed by atoms with van der Waals surface area (Å²) in [5.74, 6) is 0.159. The van der Waals surface area contributed by atoms with Crippen molar-refractivity contribution >= 4 is 27.5 Å². The van der Waals surface area contributed by atoms with Gasteiger partial charge in [-0.15, -0.1) is 11.3 Å². The number of rotatable bonds is 4. The van der Waals surface area contributed by atoms with Gasteiger partial charge in [0.15, 0.2) is 0 Å². The number of allylic oxidation sites excluding steroid dienone is 3. The van der Waals surface area contributed by atoms with Crippen LogP contribution in [0.15, 0.2) is 40.9 Å². The Morgan fingerprint density at radius 2 is 2.23 bits per heavy atom. The number of hydrogen-bond donors (Lipinski definition) is 0. The maximum atomic E-state index is 12.8. The lowest BCUT2D eigenvalue weighted by Gasteiger charge is -2.25. The van der Waals surface area contributed by atoms with Gasteiger partial charge in [0.2, 0.25) is 5.91 Å². The van der Waals surface area contributed by atoms with Crippen molar-refractivity contribution in [3.8, 4) is 0 Å².